The highest BCUT2D eigenvalue weighted by Crippen LogP contribution is 2.22. The van der Waals surface area contributed by atoms with Crippen LogP contribution in [0.4, 0.5) is 0 Å². The van der Waals surface area contributed by atoms with Gasteiger partial charge >= 0.3 is 5.69 Å². The molecule has 2 aromatic heterocycles. The lowest BCUT2D eigenvalue weighted by molar-refractivity contribution is 0.694. The molecule has 0 bridgehead atoms. The van der Waals surface area contributed by atoms with E-state index in [0.29, 0.717) is 17.7 Å². The predicted molar refractivity (Wildman–Crippen MR) is 90.6 cm³/mol. The molecule has 0 atom stereocenters. The Bertz CT molecular complexity index is 870. The predicted octanol–water partition coefficient (Wildman–Crippen LogP) is 1.68. The van der Waals surface area contributed by atoms with E-state index in [1.807, 2.05) is 30.6 Å². The molecule has 0 aliphatic rings. The first-order valence-corrected chi connectivity index (χ1v) is 7.91. The van der Waals surface area contributed by atoms with Gasteiger partial charge in [-0.1, -0.05) is 36.1 Å². The van der Waals surface area contributed by atoms with Gasteiger partial charge in [0.25, 0.3) is 5.56 Å². The van der Waals surface area contributed by atoms with Gasteiger partial charge in [-0.25, -0.2) is 9.78 Å². The smallest absolute Gasteiger partial charge is 0.309 e. The Labute approximate surface area is 132 Å². The molecule has 2 aromatic rings. The minimum atomic E-state index is -0.373. The fourth-order valence-electron chi connectivity index (χ4n) is 2.17. The van der Waals surface area contributed by atoms with Gasteiger partial charge in [0.05, 0.1) is 0 Å². The van der Waals surface area contributed by atoms with Crippen LogP contribution >= 0.6 is 11.8 Å². The van der Waals surface area contributed by atoms with E-state index in [1.165, 1.54) is 23.4 Å². The summed E-state index contributed by atoms with van der Waals surface area (Å²) in [5.74, 6) is 0.754. The zero-order chi connectivity index (χ0) is 16.4. The molecule has 0 aliphatic heterocycles. The number of hydrogen-bond acceptors (Lipinski definition) is 4. The van der Waals surface area contributed by atoms with Crippen LogP contribution in [0.25, 0.3) is 11.2 Å². The van der Waals surface area contributed by atoms with Crippen molar-refractivity contribution in [2.75, 3.05) is 5.75 Å². The van der Waals surface area contributed by atoms with E-state index in [4.69, 9.17) is 0 Å². The summed E-state index contributed by atoms with van der Waals surface area (Å²) in [6.45, 7) is 8.28. The minimum absolute atomic E-state index is 0.329. The molecule has 118 valence electrons. The Morgan fingerprint density at radius 1 is 1.32 bits per heavy atom. The monoisotopic (exact) mass is 320 g/mol. The first-order valence-electron chi connectivity index (χ1n) is 6.93. The number of rotatable bonds is 5. The highest BCUT2D eigenvalue weighted by molar-refractivity contribution is 7.99. The lowest BCUT2D eigenvalue weighted by Crippen LogP contribution is -2.37. The molecule has 0 fully saturated rings. The van der Waals surface area contributed by atoms with Gasteiger partial charge in [0.1, 0.15) is 0 Å². The summed E-state index contributed by atoms with van der Waals surface area (Å²) in [6, 6.07) is 0. The van der Waals surface area contributed by atoms with Crippen LogP contribution in [0.2, 0.25) is 0 Å². The Morgan fingerprint density at radius 2 is 2.00 bits per heavy atom. The van der Waals surface area contributed by atoms with E-state index in [1.54, 1.807) is 7.05 Å². The summed E-state index contributed by atoms with van der Waals surface area (Å²) in [7, 11) is 3.11. The van der Waals surface area contributed by atoms with E-state index < -0.39 is 0 Å². The first-order chi connectivity index (χ1) is 10.4. The second-order valence-corrected chi connectivity index (χ2v) is 6.18. The molecule has 0 spiro atoms. The van der Waals surface area contributed by atoms with Crippen molar-refractivity contribution in [3.05, 3.63) is 45.1 Å². The number of allylic oxidation sites excluding steroid dienone is 2. The third kappa shape index (κ3) is 2.81. The molecule has 6 nitrogen and oxygen atoms in total. The molecule has 2 heterocycles. The van der Waals surface area contributed by atoms with E-state index in [-0.39, 0.29) is 11.2 Å². The number of aromatic nitrogens is 4. The van der Waals surface area contributed by atoms with Gasteiger partial charge in [-0.2, -0.15) is 0 Å². The molecule has 0 saturated heterocycles. The summed E-state index contributed by atoms with van der Waals surface area (Å²) in [5.41, 5.74) is 1.07. The molecule has 0 radical (unpaired) electrons. The number of aryl methyl sites for hydroxylation is 1. The largest absolute Gasteiger partial charge is 0.332 e. The van der Waals surface area contributed by atoms with Crippen molar-refractivity contribution in [1.82, 2.24) is 18.7 Å². The number of nitrogens with zero attached hydrogens (tertiary/aromatic N) is 4. The summed E-state index contributed by atoms with van der Waals surface area (Å²) in [4.78, 5) is 29.0. The first kappa shape index (κ1) is 16.4. The van der Waals surface area contributed by atoms with Crippen LogP contribution in [0, 0.1) is 0 Å². The van der Waals surface area contributed by atoms with Crippen LogP contribution in [0.1, 0.15) is 13.8 Å². The summed E-state index contributed by atoms with van der Waals surface area (Å²) in [5, 5.41) is 0.717. The van der Waals surface area contributed by atoms with Crippen LogP contribution in [0.3, 0.4) is 0 Å². The highest BCUT2D eigenvalue weighted by atomic mass is 32.2. The number of thioether (sulfide) groups is 1. The zero-order valence-corrected chi connectivity index (χ0v) is 14.1. The van der Waals surface area contributed by atoms with Crippen LogP contribution in [0.15, 0.2) is 39.0 Å². The summed E-state index contributed by atoms with van der Waals surface area (Å²) in [6.07, 6.45) is 3.99. The maximum absolute atomic E-state index is 12.5. The molecule has 0 unspecified atom stereocenters. The maximum Gasteiger partial charge on any atom is 0.332 e. The fourth-order valence-corrected chi connectivity index (χ4v) is 3.07. The van der Waals surface area contributed by atoms with Gasteiger partial charge in [-0.3, -0.25) is 13.9 Å². The van der Waals surface area contributed by atoms with E-state index in [0.717, 1.165) is 21.0 Å². The van der Waals surface area contributed by atoms with Crippen molar-refractivity contribution >= 4 is 22.9 Å². The van der Waals surface area contributed by atoms with Crippen molar-refractivity contribution in [1.29, 1.82) is 0 Å². The number of imidazole rings is 1. The number of fused-ring (bicyclic) bond motifs is 1. The Hall–Kier alpha value is -2.02. The summed E-state index contributed by atoms with van der Waals surface area (Å²) >= 11 is 1.53. The molecular formula is C15H20N4O2S. The van der Waals surface area contributed by atoms with E-state index >= 15 is 0 Å². The topological polar surface area (TPSA) is 61.8 Å². The highest BCUT2D eigenvalue weighted by Gasteiger charge is 2.18. The van der Waals surface area contributed by atoms with Gasteiger partial charge in [-0.15, -0.1) is 0 Å². The third-order valence-electron chi connectivity index (χ3n) is 3.29. The Kier molecular flexibility index (Phi) is 4.75. The van der Waals surface area contributed by atoms with Crippen molar-refractivity contribution in [2.24, 2.45) is 14.1 Å². The number of hydrogen-bond donors (Lipinski definition) is 0. The average molecular weight is 320 g/mol. The second kappa shape index (κ2) is 6.39. The quantitative estimate of drug-likeness (QED) is 0.621. The van der Waals surface area contributed by atoms with Gasteiger partial charge in [-0.05, 0) is 13.8 Å². The SMILES string of the molecule is C=C(C)Cn1c(SC/C=C\C)nc2c1c(=O)n(C)c(=O)n2C. The molecule has 0 saturated carbocycles. The molecule has 0 amide bonds. The maximum atomic E-state index is 12.5. The minimum Gasteiger partial charge on any atom is -0.309 e. The molecule has 2 rings (SSSR count). The lowest BCUT2D eigenvalue weighted by Gasteiger charge is -2.08. The van der Waals surface area contributed by atoms with Gasteiger partial charge in [0.2, 0.25) is 0 Å². The standard InChI is InChI=1S/C15H20N4O2S/c1-6-7-8-22-14-16-12-11(19(14)9-10(2)3)13(20)18(5)15(21)17(12)4/h6-7H,2,8-9H2,1,3-5H3/b7-6-. The lowest BCUT2D eigenvalue weighted by atomic mass is 10.3. The zero-order valence-electron chi connectivity index (χ0n) is 13.3. The molecule has 0 aromatic carbocycles. The molecule has 7 heteroatoms. The van der Waals surface area contributed by atoms with Gasteiger partial charge < -0.3 is 4.57 Å². The van der Waals surface area contributed by atoms with Crippen molar-refractivity contribution in [3.8, 4) is 0 Å². The van der Waals surface area contributed by atoms with Gasteiger partial charge in [0.15, 0.2) is 16.3 Å². The van der Waals surface area contributed by atoms with E-state index in [9.17, 15) is 9.59 Å². The van der Waals surface area contributed by atoms with Crippen LogP contribution in [0.5, 0.6) is 0 Å². The molecule has 0 N–H and O–H groups in total. The van der Waals surface area contributed by atoms with Gasteiger partial charge in [0, 0.05) is 26.4 Å². The second-order valence-electron chi connectivity index (χ2n) is 5.20. The van der Waals surface area contributed by atoms with Crippen LogP contribution in [-0.2, 0) is 20.6 Å². The Morgan fingerprint density at radius 3 is 2.59 bits per heavy atom. The normalized spacial score (nSPS) is 11.6. The molecule has 22 heavy (non-hydrogen) atoms. The van der Waals surface area contributed by atoms with E-state index in [2.05, 4.69) is 11.6 Å². The van der Waals surface area contributed by atoms with Crippen LogP contribution < -0.4 is 11.2 Å². The fraction of sp³-hybridized carbons (Fsp3) is 0.400. The summed E-state index contributed by atoms with van der Waals surface area (Å²) < 4.78 is 4.36. The van der Waals surface area contributed by atoms with Crippen molar-refractivity contribution < 1.29 is 0 Å². The van der Waals surface area contributed by atoms with Crippen molar-refractivity contribution in [2.45, 2.75) is 25.5 Å². The molecular weight excluding hydrogens is 300 g/mol. The van der Waals surface area contributed by atoms with Crippen molar-refractivity contribution in [3.63, 3.8) is 0 Å². The Balaban J connectivity index is 2.77. The average Bonchev–Trinajstić information content (AvgIpc) is 2.81. The third-order valence-corrected chi connectivity index (χ3v) is 4.21. The van der Waals surface area contributed by atoms with Crippen LogP contribution in [-0.4, -0.2) is 24.4 Å². The molecule has 0 aliphatic carbocycles.